The fourth-order valence-electron chi connectivity index (χ4n) is 2.37. The van der Waals surface area contributed by atoms with Crippen LogP contribution in [0.25, 0.3) is 11.0 Å². The molecule has 2 aromatic carbocycles. The topological polar surface area (TPSA) is 82.7 Å². The molecule has 0 aliphatic rings. The number of phenolic OH excluding ortho intramolecular Hbond substituents is 1. The Morgan fingerprint density at radius 3 is 2.56 bits per heavy atom. The van der Waals surface area contributed by atoms with Gasteiger partial charge in [0.05, 0.1) is 5.56 Å². The molecule has 0 atom stereocenters. The minimum atomic E-state index is -4.65. The summed E-state index contributed by atoms with van der Waals surface area (Å²) in [6, 6.07) is 9.51. The van der Waals surface area contributed by atoms with E-state index in [9.17, 15) is 23.1 Å². The van der Waals surface area contributed by atoms with Crippen LogP contribution in [0.5, 0.6) is 5.75 Å². The second-order valence-electron chi connectivity index (χ2n) is 5.37. The zero-order valence-corrected chi connectivity index (χ0v) is 12.6. The molecule has 8 heteroatoms. The summed E-state index contributed by atoms with van der Waals surface area (Å²) in [7, 11) is 0. The summed E-state index contributed by atoms with van der Waals surface area (Å²) < 4.78 is 43.6. The molecule has 0 radical (unpaired) electrons. The van der Waals surface area contributed by atoms with Crippen molar-refractivity contribution >= 4 is 22.6 Å². The summed E-state index contributed by atoms with van der Waals surface area (Å²) in [4.78, 5) is 10.9. The van der Waals surface area contributed by atoms with Gasteiger partial charge in [-0.05, 0) is 35.9 Å². The second-order valence-corrected chi connectivity index (χ2v) is 5.37. The molecule has 0 aliphatic carbocycles. The minimum absolute atomic E-state index is 0.187. The fourth-order valence-corrected chi connectivity index (χ4v) is 2.37. The van der Waals surface area contributed by atoms with Crippen LogP contribution < -0.4 is 5.32 Å². The molecule has 130 valence electrons. The van der Waals surface area contributed by atoms with Crippen LogP contribution >= 0.6 is 0 Å². The molecule has 1 heterocycles. The number of hydrogen-bond acceptors (Lipinski definition) is 4. The Kier molecular flexibility index (Phi) is 4.03. The molecule has 0 saturated heterocycles. The highest BCUT2D eigenvalue weighted by atomic mass is 19.4. The molecule has 3 rings (SSSR count). The number of hydrogen-bond donors (Lipinski definition) is 3. The molecule has 0 amide bonds. The highest BCUT2D eigenvalue weighted by Gasteiger charge is 2.34. The summed E-state index contributed by atoms with van der Waals surface area (Å²) in [6.45, 7) is 0.196. The number of rotatable bonds is 4. The van der Waals surface area contributed by atoms with Gasteiger partial charge in [0, 0.05) is 17.6 Å². The van der Waals surface area contributed by atoms with Gasteiger partial charge in [-0.2, -0.15) is 13.2 Å². The van der Waals surface area contributed by atoms with E-state index >= 15 is 0 Å². The maximum atomic E-state index is 12.8. The molecular formula is C17H12F3NO4. The van der Waals surface area contributed by atoms with Crippen molar-refractivity contribution in [3.05, 3.63) is 59.4 Å². The molecular weight excluding hydrogens is 339 g/mol. The Morgan fingerprint density at radius 2 is 1.88 bits per heavy atom. The highest BCUT2D eigenvalue weighted by molar-refractivity contribution is 5.91. The molecule has 0 aliphatic heterocycles. The molecule has 5 nitrogen and oxygen atoms in total. The maximum absolute atomic E-state index is 12.8. The highest BCUT2D eigenvalue weighted by Crippen LogP contribution is 2.37. The number of carboxylic acid groups (broad SMARTS) is 1. The first-order valence-electron chi connectivity index (χ1n) is 7.14. The van der Waals surface area contributed by atoms with Crippen LogP contribution in [0.2, 0.25) is 0 Å². The lowest BCUT2D eigenvalue weighted by molar-refractivity contribution is -0.138. The van der Waals surface area contributed by atoms with Gasteiger partial charge in [-0.25, -0.2) is 4.79 Å². The zero-order chi connectivity index (χ0) is 18.2. The van der Waals surface area contributed by atoms with Crippen LogP contribution in [0.1, 0.15) is 21.7 Å². The minimum Gasteiger partial charge on any atom is -0.507 e. The zero-order valence-electron chi connectivity index (χ0n) is 12.6. The number of aromatic hydroxyl groups is 1. The Morgan fingerprint density at radius 1 is 1.12 bits per heavy atom. The van der Waals surface area contributed by atoms with Crippen LogP contribution in [0, 0.1) is 0 Å². The van der Waals surface area contributed by atoms with Crippen molar-refractivity contribution < 1.29 is 32.6 Å². The number of aromatic carboxylic acids is 1. The number of furan rings is 1. The second kappa shape index (κ2) is 6.04. The molecule has 1 aromatic heterocycles. The molecule has 0 saturated carbocycles. The number of fused-ring (bicyclic) bond motifs is 1. The van der Waals surface area contributed by atoms with Gasteiger partial charge in [-0.1, -0.05) is 12.1 Å². The number of alkyl halides is 3. The predicted molar refractivity (Wildman–Crippen MR) is 83.6 cm³/mol. The molecule has 25 heavy (non-hydrogen) atoms. The van der Waals surface area contributed by atoms with Gasteiger partial charge in [-0.15, -0.1) is 0 Å². The third-order valence-electron chi connectivity index (χ3n) is 3.59. The van der Waals surface area contributed by atoms with Crippen molar-refractivity contribution in [3.8, 4) is 5.75 Å². The third kappa shape index (κ3) is 3.52. The van der Waals surface area contributed by atoms with Gasteiger partial charge >= 0.3 is 12.1 Å². The van der Waals surface area contributed by atoms with E-state index in [1.54, 1.807) is 18.2 Å². The number of anilines is 1. The number of halogens is 3. The fraction of sp³-hybridized carbons (Fsp3) is 0.118. The summed E-state index contributed by atoms with van der Waals surface area (Å²) in [5.41, 5.74) is 0.139. The smallest absolute Gasteiger partial charge is 0.420 e. The summed E-state index contributed by atoms with van der Waals surface area (Å²) in [5.74, 6) is -2.20. The Hall–Kier alpha value is -3.16. The summed E-state index contributed by atoms with van der Waals surface area (Å²) in [6.07, 6.45) is -4.65. The van der Waals surface area contributed by atoms with Gasteiger partial charge < -0.3 is 19.9 Å². The number of phenols is 1. The number of carbonyl (C=O) groups is 1. The lowest BCUT2D eigenvalue weighted by atomic mass is 10.1. The quantitative estimate of drug-likeness (QED) is 0.604. The van der Waals surface area contributed by atoms with E-state index in [1.165, 1.54) is 12.1 Å². The molecule has 0 spiro atoms. The largest absolute Gasteiger partial charge is 0.507 e. The van der Waals surface area contributed by atoms with Crippen LogP contribution in [0.15, 0.2) is 46.9 Å². The lowest BCUT2D eigenvalue weighted by Crippen LogP contribution is -2.07. The van der Waals surface area contributed by atoms with E-state index in [4.69, 9.17) is 9.52 Å². The molecule has 3 N–H and O–H groups in total. The van der Waals surface area contributed by atoms with Gasteiger partial charge in [0.25, 0.3) is 0 Å². The van der Waals surface area contributed by atoms with Crippen LogP contribution in [-0.4, -0.2) is 16.2 Å². The first-order valence-corrected chi connectivity index (χ1v) is 7.14. The van der Waals surface area contributed by atoms with Crippen LogP contribution in [-0.2, 0) is 12.7 Å². The van der Waals surface area contributed by atoms with Crippen molar-refractivity contribution in [1.82, 2.24) is 0 Å². The first kappa shape index (κ1) is 16.7. The van der Waals surface area contributed by atoms with Crippen molar-refractivity contribution in [3.63, 3.8) is 0 Å². The summed E-state index contributed by atoms with van der Waals surface area (Å²) in [5, 5.41) is 21.7. The van der Waals surface area contributed by atoms with Crippen molar-refractivity contribution in [1.29, 1.82) is 0 Å². The van der Waals surface area contributed by atoms with Crippen molar-refractivity contribution in [2.24, 2.45) is 0 Å². The van der Waals surface area contributed by atoms with Gasteiger partial charge in [0.1, 0.15) is 11.3 Å². The maximum Gasteiger partial charge on any atom is 0.420 e. The average molecular weight is 351 g/mol. The number of carboxylic acids is 1. The van der Waals surface area contributed by atoms with Gasteiger partial charge in [-0.3, -0.25) is 0 Å². The summed E-state index contributed by atoms with van der Waals surface area (Å²) >= 11 is 0. The van der Waals surface area contributed by atoms with E-state index in [2.05, 4.69) is 5.32 Å². The number of nitrogens with one attached hydrogen (secondary N) is 1. The Bertz CT molecular complexity index is 947. The Balaban J connectivity index is 1.79. The SMILES string of the molecule is O=C(O)c1cc2ccc(CNc3ccc(O)c(C(F)(F)F)c3)cc2o1. The van der Waals surface area contributed by atoms with E-state index in [0.717, 1.165) is 12.1 Å². The van der Waals surface area contributed by atoms with Gasteiger partial charge in [0.15, 0.2) is 0 Å². The van der Waals surface area contributed by atoms with E-state index in [-0.39, 0.29) is 18.0 Å². The van der Waals surface area contributed by atoms with E-state index in [1.807, 2.05) is 0 Å². The molecule has 3 aromatic rings. The van der Waals surface area contributed by atoms with Gasteiger partial charge in [0.2, 0.25) is 5.76 Å². The molecule has 0 fully saturated rings. The Labute approximate surface area is 139 Å². The number of benzene rings is 2. The normalized spacial score (nSPS) is 11.6. The predicted octanol–water partition coefficient (Wildman–Crippen LogP) is 4.47. The first-order chi connectivity index (χ1) is 11.7. The van der Waals surface area contributed by atoms with Crippen molar-refractivity contribution in [2.45, 2.75) is 12.7 Å². The average Bonchev–Trinajstić information content (AvgIpc) is 2.96. The van der Waals surface area contributed by atoms with E-state index in [0.29, 0.717) is 16.5 Å². The lowest BCUT2D eigenvalue weighted by Gasteiger charge is -2.12. The molecule has 0 bridgehead atoms. The van der Waals surface area contributed by atoms with E-state index < -0.39 is 23.5 Å². The monoisotopic (exact) mass is 351 g/mol. The van der Waals surface area contributed by atoms with Crippen LogP contribution in [0.3, 0.4) is 0 Å². The van der Waals surface area contributed by atoms with Crippen LogP contribution in [0.4, 0.5) is 18.9 Å². The molecule has 0 unspecified atom stereocenters. The van der Waals surface area contributed by atoms with Crippen molar-refractivity contribution in [2.75, 3.05) is 5.32 Å². The third-order valence-corrected chi connectivity index (χ3v) is 3.59. The standard InChI is InChI=1S/C17H12F3NO4/c18-17(19,20)12-7-11(3-4-13(12)22)21-8-9-1-2-10-6-15(16(23)24)25-14(10)5-9/h1-7,21-22H,8H2,(H,23,24).